The maximum Gasteiger partial charge on any atom is 0.155 e. The maximum absolute atomic E-state index is 12.4. The summed E-state index contributed by atoms with van der Waals surface area (Å²) < 4.78 is 24.2. The van der Waals surface area contributed by atoms with Gasteiger partial charge in [-0.05, 0) is 76.0 Å². The fraction of sp³-hybridized carbons (Fsp3) is 0.609. The van der Waals surface area contributed by atoms with Crippen LogP contribution in [0.3, 0.4) is 0 Å². The summed E-state index contributed by atoms with van der Waals surface area (Å²) in [6.07, 6.45) is 9.96. The summed E-state index contributed by atoms with van der Waals surface area (Å²) in [6, 6.07) is 10.5. The number of nitrogens with zero attached hydrogens (tertiary/aromatic N) is 1. The fourth-order valence-corrected chi connectivity index (χ4v) is 5.66. The van der Waals surface area contributed by atoms with Crippen molar-refractivity contribution in [3.63, 3.8) is 0 Å². The summed E-state index contributed by atoms with van der Waals surface area (Å²) in [5.74, 6) is 1.48. The molecule has 1 aliphatic rings. The van der Waals surface area contributed by atoms with E-state index in [2.05, 4.69) is 29.2 Å². The molecule has 0 radical (unpaired) electrons. The third-order valence-corrected chi connectivity index (χ3v) is 8.93. The van der Waals surface area contributed by atoms with E-state index in [1.54, 1.807) is 0 Å². The van der Waals surface area contributed by atoms with Crippen LogP contribution in [0.2, 0.25) is 0 Å². The Morgan fingerprint density at radius 1 is 1.00 bits per heavy atom. The maximum atomic E-state index is 12.4. The molecular weight excluding hydrogens is 354 g/mol. The standard InChI is InChI=1S/C23H33NO2S/c1-23(2,3)27(25,26)17-19-13-11-18(12-14-19)7-6-8-20-15-16-24-22-10-5-4-9-21(20)22/h4-5,9-10,15-16,18-19H,6-8,11-14,17H2,1-3H3. The van der Waals surface area contributed by atoms with E-state index >= 15 is 0 Å². The van der Waals surface area contributed by atoms with Gasteiger partial charge in [0.1, 0.15) is 0 Å². The summed E-state index contributed by atoms with van der Waals surface area (Å²) in [7, 11) is -2.99. The van der Waals surface area contributed by atoms with Crippen LogP contribution in [0.1, 0.15) is 64.9 Å². The lowest BCUT2D eigenvalue weighted by atomic mass is 9.80. The van der Waals surface area contributed by atoms with Gasteiger partial charge in [0.2, 0.25) is 0 Å². The van der Waals surface area contributed by atoms with Gasteiger partial charge in [-0.2, -0.15) is 0 Å². The molecule has 0 saturated heterocycles. The highest BCUT2D eigenvalue weighted by molar-refractivity contribution is 7.92. The molecule has 1 aliphatic carbocycles. The van der Waals surface area contributed by atoms with Crippen molar-refractivity contribution in [2.75, 3.05) is 5.75 Å². The minimum absolute atomic E-state index is 0.356. The number of sulfone groups is 1. The Labute approximate surface area is 164 Å². The molecule has 1 aromatic heterocycles. The van der Waals surface area contributed by atoms with Crippen molar-refractivity contribution < 1.29 is 8.42 Å². The number of pyridine rings is 1. The summed E-state index contributed by atoms with van der Waals surface area (Å²) in [6.45, 7) is 5.45. The average Bonchev–Trinajstić information content (AvgIpc) is 2.62. The molecule has 4 heteroatoms. The Bertz CT molecular complexity index is 854. The summed E-state index contributed by atoms with van der Waals surface area (Å²) >= 11 is 0. The molecule has 0 aliphatic heterocycles. The van der Waals surface area contributed by atoms with E-state index in [1.165, 1.54) is 36.6 Å². The lowest BCUT2D eigenvalue weighted by Gasteiger charge is -2.30. The molecule has 1 aromatic carbocycles. The lowest BCUT2D eigenvalue weighted by molar-refractivity contribution is 0.274. The monoisotopic (exact) mass is 387 g/mol. The predicted octanol–water partition coefficient (Wildman–Crippen LogP) is 5.58. The van der Waals surface area contributed by atoms with Gasteiger partial charge in [-0.3, -0.25) is 4.98 Å². The Balaban J connectivity index is 1.46. The normalized spacial score (nSPS) is 21.4. The summed E-state index contributed by atoms with van der Waals surface area (Å²) in [4.78, 5) is 4.45. The van der Waals surface area contributed by atoms with E-state index in [0.29, 0.717) is 11.7 Å². The van der Waals surface area contributed by atoms with Crippen LogP contribution in [0.15, 0.2) is 36.5 Å². The summed E-state index contributed by atoms with van der Waals surface area (Å²) in [5.41, 5.74) is 2.47. The molecular formula is C23H33NO2S. The highest BCUT2D eigenvalue weighted by Gasteiger charge is 2.33. The third-order valence-electron chi connectivity index (χ3n) is 6.15. The van der Waals surface area contributed by atoms with Crippen LogP contribution >= 0.6 is 0 Å². The van der Waals surface area contributed by atoms with Crippen LogP contribution in [-0.4, -0.2) is 23.9 Å². The van der Waals surface area contributed by atoms with Gasteiger partial charge >= 0.3 is 0 Å². The van der Waals surface area contributed by atoms with E-state index in [0.717, 1.165) is 30.7 Å². The molecule has 148 valence electrons. The van der Waals surface area contributed by atoms with Crippen LogP contribution in [0, 0.1) is 11.8 Å². The molecule has 1 heterocycles. The third kappa shape index (κ3) is 5.10. The average molecular weight is 388 g/mol. The molecule has 0 bridgehead atoms. The minimum Gasteiger partial charge on any atom is -0.256 e. The molecule has 0 unspecified atom stereocenters. The fourth-order valence-electron chi connectivity index (χ4n) is 4.20. The molecule has 0 amide bonds. The van der Waals surface area contributed by atoms with Gasteiger partial charge in [-0.25, -0.2) is 8.42 Å². The van der Waals surface area contributed by atoms with E-state index in [1.807, 2.05) is 33.0 Å². The van der Waals surface area contributed by atoms with Gasteiger partial charge < -0.3 is 0 Å². The van der Waals surface area contributed by atoms with Crippen molar-refractivity contribution in [1.29, 1.82) is 0 Å². The molecule has 1 saturated carbocycles. The van der Waals surface area contributed by atoms with Crippen molar-refractivity contribution in [1.82, 2.24) is 4.98 Å². The van der Waals surface area contributed by atoms with Crippen molar-refractivity contribution in [3.8, 4) is 0 Å². The van der Waals surface area contributed by atoms with Gasteiger partial charge in [0.25, 0.3) is 0 Å². The van der Waals surface area contributed by atoms with E-state index in [4.69, 9.17) is 0 Å². The number of rotatable bonds is 6. The molecule has 27 heavy (non-hydrogen) atoms. The smallest absolute Gasteiger partial charge is 0.155 e. The number of para-hydroxylation sites is 1. The molecule has 2 aromatic rings. The Morgan fingerprint density at radius 2 is 1.67 bits per heavy atom. The first-order valence-electron chi connectivity index (χ1n) is 10.3. The van der Waals surface area contributed by atoms with Crippen LogP contribution < -0.4 is 0 Å². The van der Waals surface area contributed by atoms with Gasteiger partial charge in [-0.15, -0.1) is 0 Å². The van der Waals surface area contributed by atoms with Crippen molar-refractivity contribution >= 4 is 20.7 Å². The molecule has 1 fully saturated rings. The Kier molecular flexibility index (Phi) is 6.25. The quantitative estimate of drug-likeness (QED) is 0.650. The largest absolute Gasteiger partial charge is 0.256 e. The predicted molar refractivity (Wildman–Crippen MR) is 114 cm³/mol. The van der Waals surface area contributed by atoms with Crippen LogP contribution in [0.25, 0.3) is 10.9 Å². The van der Waals surface area contributed by atoms with Crippen LogP contribution in [0.4, 0.5) is 0 Å². The van der Waals surface area contributed by atoms with Gasteiger partial charge in [0.05, 0.1) is 16.0 Å². The Morgan fingerprint density at radius 3 is 2.37 bits per heavy atom. The Hall–Kier alpha value is -1.42. The second-order valence-electron chi connectivity index (χ2n) is 9.16. The van der Waals surface area contributed by atoms with E-state index in [9.17, 15) is 8.42 Å². The van der Waals surface area contributed by atoms with Gasteiger partial charge in [0.15, 0.2) is 9.84 Å². The summed E-state index contributed by atoms with van der Waals surface area (Å²) in [5, 5.41) is 1.27. The van der Waals surface area contributed by atoms with Gasteiger partial charge in [0, 0.05) is 11.6 Å². The highest BCUT2D eigenvalue weighted by atomic mass is 32.2. The lowest BCUT2D eigenvalue weighted by Crippen LogP contribution is -2.34. The first-order valence-corrected chi connectivity index (χ1v) is 12.0. The highest BCUT2D eigenvalue weighted by Crippen LogP contribution is 2.34. The number of benzene rings is 1. The van der Waals surface area contributed by atoms with Crippen LogP contribution in [-0.2, 0) is 16.3 Å². The van der Waals surface area contributed by atoms with Crippen molar-refractivity contribution in [2.45, 2.75) is 70.5 Å². The van der Waals surface area contributed by atoms with Crippen molar-refractivity contribution in [3.05, 3.63) is 42.1 Å². The molecule has 0 N–H and O–H groups in total. The first kappa shape index (κ1) is 20.3. The molecule has 3 nitrogen and oxygen atoms in total. The van der Waals surface area contributed by atoms with Crippen LogP contribution in [0.5, 0.6) is 0 Å². The molecule has 3 rings (SSSR count). The zero-order valence-electron chi connectivity index (χ0n) is 16.9. The topological polar surface area (TPSA) is 47.0 Å². The van der Waals surface area contributed by atoms with Gasteiger partial charge in [-0.1, -0.05) is 37.5 Å². The van der Waals surface area contributed by atoms with E-state index < -0.39 is 14.6 Å². The zero-order chi connectivity index (χ0) is 19.5. The number of hydrogen-bond donors (Lipinski definition) is 0. The van der Waals surface area contributed by atoms with Crippen molar-refractivity contribution in [2.24, 2.45) is 11.8 Å². The number of aromatic nitrogens is 1. The second-order valence-corrected chi connectivity index (χ2v) is 11.9. The molecule has 0 spiro atoms. The minimum atomic E-state index is -2.99. The zero-order valence-corrected chi connectivity index (χ0v) is 17.8. The number of aryl methyl sites for hydroxylation is 1. The number of hydrogen-bond acceptors (Lipinski definition) is 3. The second kappa shape index (κ2) is 8.30. The number of fused-ring (bicyclic) bond motifs is 1. The molecule has 0 atom stereocenters. The SMILES string of the molecule is CC(C)(C)S(=O)(=O)CC1CCC(CCCc2ccnc3ccccc23)CC1. The first-order chi connectivity index (χ1) is 12.8. The van der Waals surface area contributed by atoms with E-state index in [-0.39, 0.29) is 0 Å².